The number of ether oxygens (including phenoxy) is 1. The topological polar surface area (TPSA) is 91.0 Å². The van der Waals surface area contributed by atoms with E-state index in [-0.39, 0.29) is 11.6 Å². The Morgan fingerprint density at radius 2 is 2.14 bits per heavy atom. The van der Waals surface area contributed by atoms with E-state index in [1.54, 1.807) is 50.2 Å². The maximum atomic E-state index is 13.0. The first kappa shape index (κ1) is 19.8. The predicted octanol–water partition coefficient (Wildman–Crippen LogP) is 2.05. The first-order valence-corrected chi connectivity index (χ1v) is 8.96. The molecule has 0 bridgehead atoms. The standard InChI is InChI=1S/C19H20ClN5O3/c1-12(11-28-3)22-18(26)16-8-17(13-5-4-6-14(20)7-13)23-25(19(16)27)15-9-21-24(2)10-15/h4-10,12H,11H2,1-3H3,(H,22,26)/t12-/m0/s1. The highest BCUT2D eigenvalue weighted by atomic mass is 35.5. The van der Waals surface area contributed by atoms with Gasteiger partial charge in [-0.3, -0.25) is 14.3 Å². The van der Waals surface area contributed by atoms with Crippen molar-refractivity contribution in [2.45, 2.75) is 13.0 Å². The van der Waals surface area contributed by atoms with Crippen molar-refractivity contribution in [1.29, 1.82) is 0 Å². The fourth-order valence-corrected chi connectivity index (χ4v) is 2.92. The number of carbonyl (C=O) groups excluding carboxylic acids is 1. The van der Waals surface area contributed by atoms with E-state index < -0.39 is 11.5 Å². The number of aryl methyl sites for hydroxylation is 1. The number of carbonyl (C=O) groups is 1. The van der Waals surface area contributed by atoms with Gasteiger partial charge in [-0.25, -0.2) is 0 Å². The highest BCUT2D eigenvalue weighted by Gasteiger charge is 2.19. The summed E-state index contributed by atoms with van der Waals surface area (Å²) in [6, 6.07) is 8.25. The zero-order valence-corrected chi connectivity index (χ0v) is 16.5. The molecule has 28 heavy (non-hydrogen) atoms. The minimum atomic E-state index is -0.541. The fraction of sp³-hybridized carbons (Fsp3) is 0.263. The van der Waals surface area contributed by atoms with Gasteiger partial charge in [-0.2, -0.15) is 14.9 Å². The lowest BCUT2D eigenvalue weighted by molar-refractivity contribution is 0.0903. The number of hydrogen-bond donors (Lipinski definition) is 1. The van der Waals surface area contributed by atoms with Gasteiger partial charge in [-0.15, -0.1) is 0 Å². The summed E-state index contributed by atoms with van der Waals surface area (Å²) in [7, 11) is 3.27. The molecule has 146 valence electrons. The molecule has 8 nitrogen and oxygen atoms in total. The lowest BCUT2D eigenvalue weighted by atomic mass is 10.1. The van der Waals surface area contributed by atoms with Crippen LogP contribution in [-0.2, 0) is 11.8 Å². The maximum Gasteiger partial charge on any atom is 0.284 e. The Morgan fingerprint density at radius 3 is 2.79 bits per heavy atom. The number of halogens is 1. The molecule has 0 unspecified atom stereocenters. The Morgan fingerprint density at radius 1 is 1.36 bits per heavy atom. The van der Waals surface area contributed by atoms with Gasteiger partial charge >= 0.3 is 0 Å². The Bertz CT molecular complexity index is 1060. The third-order valence-electron chi connectivity index (χ3n) is 4.01. The van der Waals surface area contributed by atoms with E-state index in [9.17, 15) is 9.59 Å². The molecule has 3 rings (SSSR count). The summed E-state index contributed by atoms with van der Waals surface area (Å²) in [5.74, 6) is -0.502. The molecular weight excluding hydrogens is 382 g/mol. The van der Waals surface area contributed by atoms with E-state index in [1.807, 2.05) is 6.07 Å². The second-order valence-electron chi connectivity index (χ2n) is 6.37. The van der Waals surface area contributed by atoms with Crippen LogP contribution >= 0.6 is 11.6 Å². The van der Waals surface area contributed by atoms with Crippen LogP contribution in [0.2, 0.25) is 5.02 Å². The molecule has 1 atom stereocenters. The number of hydrogen-bond acceptors (Lipinski definition) is 5. The third kappa shape index (κ3) is 4.29. The summed E-state index contributed by atoms with van der Waals surface area (Å²) < 4.78 is 7.75. The number of rotatable bonds is 6. The van der Waals surface area contributed by atoms with E-state index in [1.165, 1.54) is 16.9 Å². The Labute approximate surface area is 166 Å². The molecule has 1 amide bonds. The molecule has 9 heteroatoms. The lowest BCUT2D eigenvalue weighted by Gasteiger charge is -2.14. The van der Waals surface area contributed by atoms with Crippen molar-refractivity contribution in [3.63, 3.8) is 0 Å². The first-order valence-electron chi connectivity index (χ1n) is 8.58. The largest absolute Gasteiger partial charge is 0.383 e. The number of methoxy groups -OCH3 is 1. The molecular formula is C19H20ClN5O3. The van der Waals surface area contributed by atoms with Gasteiger partial charge in [0.15, 0.2) is 0 Å². The van der Waals surface area contributed by atoms with Crippen molar-refractivity contribution in [3.05, 3.63) is 63.7 Å². The van der Waals surface area contributed by atoms with E-state index in [0.29, 0.717) is 28.6 Å². The summed E-state index contributed by atoms with van der Waals surface area (Å²) in [5.41, 5.74) is 1.01. The SMILES string of the molecule is COC[C@H](C)NC(=O)c1cc(-c2cccc(Cl)c2)nn(-c2cnn(C)c2)c1=O. The van der Waals surface area contributed by atoms with Gasteiger partial charge in [0.05, 0.1) is 24.7 Å². The summed E-state index contributed by atoms with van der Waals surface area (Å²) in [4.78, 5) is 25.7. The summed E-state index contributed by atoms with van der Waals surface area (Å²) in [6.07, 6.45) is 3.15. The molecule has 2 heterocycles. The molecule has 0 fully saturated rings. The number of nitrogens with zero attached hydrogens (tertiary/aromatic N) is 4. The van der Waals surface area contributed by atoms with Crippen LogP contribution in [0.25, 0.3) is 16.9 Å². The average molecular weight is 402 g/mol. The second kappa shape index (κ2) is 8.37. The molecule has 2 aromatic heterocycles. The van der Waals surface area contributed by atoms with Crippen LogP contribution < -0.4 is 10.9 Å². The Kier molecular flexibility index (Phi) is 5.91. The van der Waals surface area contributed by atoms with E-state index >= 15 is 0 Å². The lowest BCUT2D eigenvalue weighted by Crippen LogP contribution is -2.39. The molecule has 1 N–H and O–H groups in total. The van der Waals surface area contributed by atoms with Crippen LogP contribution in [0, 0.1) is 0 Å². The highest BCUT2D eigenvalue weighted by molar-refractivity contribution is 6.30. The van der Waals surface area contributed by atoms with E-state index in [0.717, 1.165) is 0 Å². The normalized spacial score (nSPS) is 12.0. The Balaban J connectivity index is 2.14. The number of benzene rings is 1. The number of nitrogens with one attached hydrogen (secondary N) is 1. The molecule has 3 aromatic rings. The number of aromatic nitrogens is 4. The van der Waals surface area contributed by atoms with Gasteiger partial charge in [0.1, 0.15) is 11.3 Å². The van der Waals surface area contributed by atoms with Crippen molar-refractivity contribution in [1.82, 2.24) is 24.9 Å². The molecule has 0 aliphatic heterocycles. The molecule has 0 saturated heterocycles. The van der Waals surface area contributed by atoms with Crippen molar-refractivity contribution in [2.24, 2.45) is 7.05 Å². The second-order valence-corrected chi connectivity index (χ2v) is 6.81. The highest BCUT2D eigenvalue weighted by Crippen LogP contribution is 2.21. The van der Waals surface area contributed by atoms with Crippen LogP contribution in [0.1, 0.15) is 17.3 Å². The molecule has 0 aliphatic carbocycles. The van der Waals surface area contributed by atoms with Gasteiger partial charge in [0, 0.05) is 30.8 Å². The van der Waals surface area contributed by atoms with Crippen LogP contribution in [0.4, 0.5) is 0 Å². The van der Waals surface area contributed by atoms with Crippen LogP contribution in [0.3, 0.4) is 0 Å². The summed E-state index contributed by atoms with van der Waals surface area (Å²) in [6.45, 7) is 2.12. The first-order chi connectivity index (χ1) is 13.4. The van der Waals surface area contributed by atoms with Crippen molar-refractivity contribution in [3.8, 4) is 16.9 Å². The van der Waals surface area contributed by atoms with Gasteiger partial charge < -0.3 is 10.1 Å². The van der Waals surface area contributed by atoms with Crippen molar-refractivity contribution >= 4 is 17.5 Å². The third-order valence-corrected chi connectivity index (χ3v) is 4.24. The van der Waals surface area contributed by atoms with Crippen LogP contribution in [0.5, 0.6) is 0 Å². The minimum absolute atomic E-state index is 0.0308. The van der Waals surface area contributed by atoms with Crippen LogP contribution in [0.15, 0.2) is 47.5 Å². The van der Waals surface area contributed by atoms with E-state index in [4.69, 9.17) is 16.3 Å². The monoisotopic (exact) mass is 401 g/mol. The predicted molar refractivity (Wildman–Crippen MR) is 106 cm³/mol. The fourth-order valence-electron chi connectivity index (χ4n) is 2.73. The zero-order chi connectivity index (χ0) is 20.3. The number of amides is 1. The van der Waals surface area contributed by atoms with Gasteiger partial charge in [0.25, 0.3) is 11.5 Å². The molecule has 0 saturated carbocycles. The van der Waals surface area contributed by atoms with Gasteiger partial charge in [-0.1, -0.05) is 23.7 Å². The quantitative estimate of drug-likeness (QED) is 0.682. The van der Waals surface area contributed by atoms with E-state index in [2.05, 4.69) is 15.5 Å². The van der Waals surface area contributed by atoms with Crippen molar-refractivity contribution in [2.75, 3.05) is 13.7 Å². The Hall–Kier alpha value is -2.97. The summed E-state index contributed by atoms with van der Waals surface area (Å²) >= 11 is 6.09. The molecule has 0 radical (unpaired) electrons. The van der Waals surface area contributed by atoms with Crippen LogP contribution in [-0.4, -0.2) is 45.2 Å². The van der Waals surface area contributed by atoms with Gasteiger partial charge in [0.2, 0.25) is 0 Å². The smallest absolute Gasteiger partial charge is 0.284 e. The maximum absolute atomic E-state index is 13.0. The summed E-state index contributed by atoms with van der Waals surface area (Å²) in [5, 5.41) is 11.8. The molecule has 0 spiro atoms. The average Bonchev–Trinajstić information content (AvgIpc) is 3.08. The molecule has 0 aliphatic rings. The zero-order valence-electron chi connectivity index (χ0n) is 15.7. The van der Waals surface area contributed by atoms with Crippen molar-refractivity contribution < 1.29 is 9.53 Å². The minimum Gasteiger partial charge on any atom is -0.383 e. The van der Waals surface area contributed by atoms with Gasteiger partial charge in [-0.05, 0) is 25.1 Å². The molecule has 1 aromatic carbocycles.